The molecule has 0 aliphatic rings. The van der Waals surface area contributed by atoms with Gasteiger partial charge in [-0.3, -0.25) is 0 Å². The van der Waals surface area contributed by atoms with Gasteiger partial charge in [0, 0.05) is 11.7 Å². The molecule has 0 aliphatic heterocycles. The van der Waals surface area contributed by atoms with Gasteiger partial charge in [-0.05, 0) is 6.92 Å². The Hall–Kier alpha value is -1.44. The molecular formula is C12H21N3O4S. The van der Waals surface area contributed by atoms with E-state index in [0.717, 1.165) is 6.26 Å². The fraction of sp³-hybridized carbons (Fsp3) is 0.750. The standard InChI is InChI=1S/C12H21N3O4S/c1-6-19-11(16)9-10(12(2,3)4)15(14-13-9)7-8-20(5,17)18/h6-8H2,1-5H3. The number of carbonyl (C=O) groups excluding carboxylic acids is 1. The summed E-state index contributed by atoms with van der Waals surface area (Å²) in [5.41, 5.74) is 0.329. The molecule has 0 saturated carbocycles. The average molecular weight is 303 g/mol. The fourth-order valence-corrected chi connectivity index (χ4v) is 2.31. The van der Waals surface area contributed by atoms with E-state index in [1.807, 2.05) is 20.8 Å². The largest absolute Gasteiger partial charge is 0.461 e. The maximum absolute atomic E-state index is 11.9. The van der Waals surface area contributed by atoms with E-state index < -0.39 is 21.2 Å². The molecule has 0 aliphatic carbocycles. The Morgan fingerprint density at radius 3 is 2.40 bits per heavy atom. The second kappa shape index (κ2) is 5.90. The number of rotatable bonds is 5. The fourth-order valence-electron chi connectivity index (χ4n) is 1.80. The number of sulfone groups is 1. The summed E-state index contributed by atoms with van der Waals surface area (Å²) >= 11 is 0. The molecule has 1 rings (SSSR count). The van der Waals surface area contributed by atoms with Crippen molar-refractivity contribution in [3.05, 3.63) is 11.4 Å². The molecule has 1 heterocycles. The third kappa shape index (κ3) is 4.29. The molecule has 0 amide bonds. The van der Waals surface area contributed by atoms with Gasteiger partial charge in [0.1, 0.15) is 9.84 Å². The molecule has 0 bridgehead atoms. The Bertz CT molecular complexity index is 584. The van der Waals surface area contributed by atoms with Gasteiger partial charge in [-0.2, -0.15) is 0 Å². The van der Waals surface area contributed by atoms with E-state index in [-0.39, 0.29) is 24.6 Å². The van der Waals surface area contributed by atoms with Crippen LogP contribution in [-0.2, 0) is 26.5 Å². The SMILES string of the molecule is CCOC(=O)c1nnn(CCS(C)(=O)=O)c1C(C)(C)C. The van der Waals surface area contributed by atoms with E-state index in [1.165, 1.54) is 4.68 Å². The van der Waals surface area contributed by atoms with Gasteiger partial charge in [-0.1, -0.05) is 26.0 Å². The first kappa shape index (κ1) is 16.6. The van der Waals surface area contributed by atoms with E-state index in [9.17, 15) is 13.2 Å². The molecule has 0 radical (unpaired) electrons. The van der Waals surface area contributed by atoms with Crippen molar-refractivity contribution in [3.63, 3.8) is 0 Å². The van der Waals surface area contributed by atoms with E-state index in [0.29, 0.717) is 5.69 Å². The molecule has 1 aromatic rings. The molecule has 0 aromatic carbocycles. The lowest BCUT2D eigenvalue weighted by molar-refractivity contribution is 0.0516. The first-order valence-corrected chi connectivity index (χ1v) is 8.41. The highest BCUT2D eigenvalue weighted by Gasteiger charge is 2.30. The van der Waals surface area contributed by atoms with Crippen molar-refractivity contribution in [1.29, 1.82) is 0 Å². The third-order valence-electron chi connectivity index (χ3n) is 2.59. The monoisotopic (exact) mass is 303 g/mol. The molecule has 7 nitrogen and oxygen atoms in total. The number of hydrogen-bond acceptors (Lipinski definition) is 6. The Kier molecular flexibility index (Phi) is 4.90. The zero-order valence-electron chi connectivity index (χ0n) is 12.5. The van der Waals surface area contributed by atoms with Gasteiger partial charge in [0.15, 0.2) is 5.69 Å². The number of nitrogens with zero attached hydrogens (tertiary/aromatic N) is 3. The van der Waals surface area contributed by atoms with Gasteiger partial charge in [-0.15, -0.1) is 5.10 Å². The van der Waals surface area contributed by atoms with Crippen molar-refractivity contribution >= 4 is 15.8 Å². The highest BCUT2D eigenvalue weighted by Crippen LogP contribution is 2.25. The topological polar surface area (TPSA) is 91.2 Å². The van der Waals surface area contributed by atoms with Crippen molar-refractivity contribution in [1.82, 2.24) is 15.0 Å². The lowest BCUT2D eigenvalue weighted by atomic mass is 9.90. The number of aromatic nitrogens is 3. The Labute approximate surface area is 119 Å². The molecule has 0 saturated heterocycles. The van der Waals surface area contributed by atoms with Crippen LogP contribution in [0.1, 0.15) is 43.9 Å². The summed E-state index contributed by atoms with van der Waals surface area (Å²) in [6.07, 6.45) is 1.16. The van der Waals surface area contributed by atoms with Crippen molar-refractivity contribution in [2.45, 2.75) is 39.7 Å². The van der Waals surface area contributed by atoms with Crippen LogP contribution in [0.3, 0.4) is 0 Å². The molecule has 8 heteroatoms. The molecule has 1 aromatic heterocycles. The molecule has 0 atom stereocenters. The van der Waals surface area contributed by atoms with Gasteiger partial charge in [0.2, 0.25) is 0 Å². The van der Waals surface area contributed by atoms with Crippen LogP contribution in [0.25, 0.3) is 0 Å². The summed E-state index contributed by atoms with van der Waals surface area (Å²) in [4.78, 5) is 11.9. The number of hydrogen-bond donors (Lipinski definition) is 0. The van der Waals surface area contributed by atoms with Crippen molar-refractivity contribution < 1.29 is 17.9 Å². The maximum Gasteiger partial charge on any atom is 0.360 e. The summed E-state index contributed by atoms with van der Waals surface area (Å²) < 4.78 is 28.9. The minimum absolute atomic E-state index is 0.0539. The second-order valence-electron chi connectivity index (χ2n) is 5.61. The van der Waals surface area contributed by atoms with Crippen LogP contribution >= 0.6 is 0 Å². The number of aryl methyl sites for hydroxylation is 1. The maximum atomic E-state index is 11.9. The normalized spacial score (nSPS) is 12.4. The predicted octanol–water partition coefficient (Wildman–Crippen LogP) is 0.797. The van der Waals surface area contributed by atoms with Gasteiger partial charge in [0.05, 0.1) is 24.6 Å². The van der Waals surface area contributed by atoms with Crippen LogP contribution in [0.15, 0.2) is 0 Å². The first-order valence-electron chi connectivity index (χ1n) is 6.35. The summed E-state index contributed by atoms with van der Waals surface area (Å²) in [6, 6.07) is 0. The van der Waals surface area contributed by atoms with Crippen molar-refractivity contribution in [2.75, 3.05) is 18.6 Å². The Morgan fingerprint density at radius 1 is 1.35 bits per heavy atom. The molecule has 0 N–H and O–H groups in total. The average Bonchev–Trinajstić information content (AvgIpc) is 2.69. The van der Waals surface area contributed by atoms with Crippen LogP contribution in [0.4, 0.5) is 0 Å². The number of esters is 1. The molecule has 0 unspecified atom stereocenters. The molecular weight excluding hydrogens is 282 g/mol. The third-order valence-corrected chi connectivity index (χ3v) is 3.51. The molecule has 0 fully saturated rings. The summed E-state index contributed by atoms with van der Waals surface area (Å²) in [6.45, 7) is 7.85. The van der Waals surface area contributed by atoms with Crippen LogP contribution in [0.5, 0.6) is 0 Å². The summed E-state index contributed by atoms with van der Waals surface area (Å²) in [5, 5.41) is 7.74. The first-order chi connectivity index (χ1) is 9.06. The number of ether oxygens (including phenoxy) is 1. The highest BCUT2D eigenvalue weighted by molar-refractivity contribution is 7.90. The second-order valence-corrected chi connectivity index (χ2v) is 7.87. The smallest absolute Gasteiger partial charge is 0.360 e. The van der Waals surface area contributed by atoms with Gasteiger partial charge < -0.3 is 4.74 Å². The predicted molar refractivity (Wildman–Crippen MR) is 74.4 cm³/mol. The molecule has 0 spiro atoms. The van der Waals surface area contributed by atoms with E-state index >= 15 is 0 Å². The Balaban J connectivity index is 3.17. The zero-order chi connectivity index (χ0) is 15.6. The van der Waals surface area contributed by atoms with Crippen molar-refractivity contribution in [3.8, 4) is 0 Å². The number of carbonyl (C=O) groups is 1. The molecule has 114 valence electrons. The lowest BCUT2D eigenvalue weighted by Crippen LogP contribution is -2.24. The van der Waals surface area contributed by atoms with Gasteiger partial charge in [-0.25, -0.2) is 17.9 Å². The Morgan fingerprint density at radius 2 is 1.95 bits per heavy atom. The van der Waals surface area contributed by atoms with E-state index in [2.05, 4.69) is 10.3 Å². The quantitative estimate of drug-likeness (QED) is 0.747. The van der Waals surface area contributed by atoms with Crippen molar-refractivity contribution in [2.24, 2.45) is 0 Å². The zero-order valence-corrected chi connectivity index (χ0v) is 13.3. The minimum atomic E-state index is -3.11. The van der Waals surface area contributed by atoms with E-state index in [1.54, 1.807) is 6.92 Å². The van der Waals surface area contributed by atoms with Crippen LogP contribution in [0.2, 0.25) is 0 Å². The minimum Gasteiger partial charge on any atom is -0.461 e. The lowest BCUT2D eigenvalue weighted by Gasteiger charge is -2.20. The van der Waals surface area contributed by atoms with E-state index in [4.69, 9.17) is 4.74 Å². The molecule has 20 heavy (non-hydrogen) atoms. The summed E-state index contributed by atoms with van der Waals surface area (Å²) in [7, 11) is -3.11. The summed E-state index contributed by atoms with van der Waals surface area (Å²) in [5.74, 6) is -0.593. The highest BCUT2D eigenvalue weighted by atomic mass is 32.2. The van der Waals surface area contributed by atoms with Crippen LogP contribution in [-0.4, -0.2) is 48.0 Å². The van der Waals surface area contributed by atoms with Crippen LogP contribution < -0.4 is 0 Å². The van der Waals surface area contributed by atoms with Crippen LogP contribution in [0, 0.1) is 0 Å². The van der Waals surface area contributed by atoms with Gasteiger partial charge >= 0.3 is 5.97 Å². The van der Waals surface area contributed by atoms with Gasteiger partial charge in [0.25, 0.3) is 0 Å².